The van der Waals surface area contributed by atoms with Crippen LogP contribution < -0.4 is 21.3 Å². The molecule has 1 saturated heterocycles. The molecule has 0 aliphatic carbocycles. The molecule has 4 N–H and O–H groups in total. The van der Waals surface area contributed by atoms with Crippen molar-refractivity contribution in [3.8, 4) is 0 Å². The molecule has 2 aromatic heterocycles. The van der Waals surface area contributed by atoms with E-state index in [9.17, 15) is 28.8 Å². The number of nitrogens with one attached hydrogen (secondary N) is 4. The number of likely N-dealkylation sites (N-methyl/N-ethyl adjacent to an activating group) is 2. The summed E-state index contributed by atoms with van der Waals surface area (Å²) in [5.41, 5.74) is 2.42. The normalized spacial score (nSPS) is 14.3. The van der Waals surface area contributed by atoms with Crippen molar-refractivity contribution >= 4 is 75.9 Å². The summed E-state index contributed by atoms with van der Waals surface area (Å²) in [5.74, 6) is 0.676. The zero-order valence-electron chi connectivity index (χ0n) is 42.1. The van der Waals surface area contributed by atoms with Gasteiger partial charge in [-0.1, -0.05) is 50.3 Å². The van der Waals surface area contributed by atoms with Gasteiger partial charge in [0.05, 0.1) is 67.6 Å². The molecular weight excluding hydrogens is 963 g/mol. The number of thiazole rings is 1. The van der Waals surface area contributed by atoms with E-state index in [1.807, 2.05) is 23.0 Å². The Morgan fingerprint density at radius 2 is 1.72 bits per heavy atom. The van der Waals surface area contributed by atoms with E-state index in [0.717, 1.165) is 32.8 Å². The van der Waals surface area contributed by atoms with E-state index in [0.29, 0.717) is 119 Å². The largest absolute Gasteiger partial charge is 0.444 e. The van der Waals surface area contributed by atoms with E-state index in [2.05, 4.69) is 52.0 Å². The number of benzene rings is 2. The molecule has 0 saturated carbocycles. The molecule has 0 spiro atoms. The average Bonchev–Trinajstić information content (AvgIpc) is 4.05. The van der Waals surface area contributed by atoms with Gasteiger partial charge in [0.1, 0.15) is 18.1 Å². The van der Waals surface area contributed by atoms with Crippen LogP contribution in [-0.4, -0.2) is 160 Å². The number of carbonyl (C=O) groups is 6. The van der Waals surface area contributed by atoms with E-state index in [1.54, 1.807) is 84.8 Å². The average molecular weight is 1030 g/mol. The van der Waals surface area contributed by atoms with Crippen LogP contribution in [0.15, 0.2) is 75.6 Å². The lowest BCUT2D eigenvalue weighted by molar-refractivity contribution is -0.131. The number of rotatable bonds is 30. The van der Waals surface area contributed by atoms with Gasteiger partial charge in [0.25, 0.3) is 11.8 Å². The van der Waals surface area contributed by atoms with Crippen LogP contribution in [0.5, 0.6) is 0 Å². The van der Waals surface area contributed by atoms with Crippen molar-refractivity contribution in [2.24, 2.45) is 0 Å². The predicted octanol–water partition coefficient (Wildman–Crippen LogP) is 6.03. The maximum absolute atomic E-state index is 13.5. The highest BCUT2D eigenvalue weighted by Crippen LogP contribution is 2.33. The maximum Gasteiger partial charge on any atom is 0.263 e. The van der Waals surface area contributed by atoms with Crippen molar-refractivity contribution in [3.05, 3.63) is 95.4 Å². The number of piperidine rings is 1. The van der Waals surface area contributed by atoms with E-state index in [1.165, 1.54) is 13.1 Å². The Balaban J connectivity index is 0.896. The molecule has 1 aliphatic rings. The molecule has 2 aromatic carbocycles. The van der Waals surface area contributed by atoms with Gasteiger partial charge in [0, 0.05) is 80.7 Å². The molecule has 21 heteroatoms. The van der Waals surface area contributed by atoms with Crippen LogP contribution in [0.25, 0.3) is 0 Å². The minimum atomic E-state index is -1.12. The summed E-state index contributed by atoms with van der Waals surface area (Å²) in [6.07, 6.45) is 9.73. The molecule has 72 heavy (non-hydrogen) atoms. The second kappa shape index (κ2) is 29.5. The number of ether oxygens (including phenoxy) is 3. The first-order valence-electron chi connectivity index (χ1n) is 24.1. The topological polar surface area (TPSA) is 227 Å². The highest BCUT2D eigenvalue weighted by Gasteiger charge is 2.32. The van der Waals surface area contributed by atoms with Crippen molar-refractivity contribution < 1.29 is 47.4 Å². The van der Waals surface area contributed by atoms with Crippen molar-refractivity contribution in [2.45, 2.75) is 80.8 Å². The lowest BCUT2D eigenvalue weighted by Gasteiger charge is -2.33. The Bertz CT molecular complexity index is 2400. The summed E-state index contributed by atoms with van der Waals surface area (Å²) in [7, 11) is 3.34. The van der Waals surface area contributed by atoms with Crippen LogP contribution in [0.1, 0.15) is 84.4 Å². The number of aryl methyl sites for hydroxylation is 1. The van der Waals surface area contributed by atoms with Gasteiger partial charge in [-0.05, 0) is 69.1 Å². The van der Waals surface area contributed by atoms with E-state index in [4.69, 9.17) is 18.6 Å². The molecule has 1 aliphatic heterocycles. The molecule has 3 heterocycles. The standard InChI is InChI=1S/C51H69N9O10S2/c1-36-11-7-13-40(46(36)49(66)60(35-62)41(14-10-24-61)47(64)52-5)53-20-25-67-27-29-69-30-28-68-26-23-58(6)21-9-15-43(63)56-38-18-16-37(17-19-38)48(65)59-22-8-12-39(33-59)57-50-55-32-45(72-50)71-34-44-54-31-42(70-44)51(2,3)4/h7,9,11,13,15-19,24,31-32,35,39,41,53H,8,10,12,14,20-23,25-30,33-34H2,1-6H3,(H,52,64)(H,55,57)(H,56,63)/b15-9+. The number of carbonyl (C=O) groups excluding carboxylic acids is 6. The Labute approximate surface area is 430 Å². The molecule has 19 nitrogen and oxygen atoms in total. The number of anilines is 3. The fourth-order valence-corrected chi connectivity index (χ4v) is 9.30. The summed E-state index contributed by atoms with van der Waals surface area (Å²) in [4.78, 5) is 88.8. The van der Waals surface area contributed by atoms with Crippen molar-refractivity contribution in [3.63, 3.8) is 0 Å². The third-order valence-electron chi connectivity index (χ3n) is 11.4. The SMILES string of the molecule is CNC(=O)C(CCC=O)N(C=O)C(=O)c1c(C)cccc1NCCOCCOCCOCCN(C)C/C=C/C(=O)Nc1ccc(C(=O)N2CCCC(Nc3ncc(SCc4ncc(C(C)(C)C)o4)s3)C2)cc1. The van der Waals surface area contributed by atoms with Crippen LogP contribution in [0, 0.1) is 6.92 Å². The van der Waals surface area contributed by atoms with Crippen molar-refractivity contribution in [1.82, 2.24) is 30.0 Å². The van der Waals surface area contributed by atoms with Gasteiger partial charge in [0.15, 0.2) is 5.13 Å². The van der Waals surface area contributed by atoms with Crippen LogP contribution in [0.2, 0.25) is 0 Å². The molecule has 390 valence electrons. The second-order valence-corrected chi connectivity index (χ2v) is 20.4. The van der Waals surface area contributed by atoms with Crippen LogP contribution in [0.3, 0.4) is 0 Å². The first-order chi connectivity index (χ1) is 34.7. The first-order valence-corrected chi connectivity index (χ1v) is 25.9. The molecule has 0 bridgehead atoms. The zero-order chi connectivity index (χ0) is 51.9. The number of likely N-dealkylation sites (tertiary alicyclic amines) is 1. The lowest BCUT2D eigenvalue weighted by atomic mass is 9.94. The highest BCUT2D eigenvalue weighted by atomic mass is 32.2. The number of aromatic nitrogens is 2. The Hall–Kier alpha value is -5.97. The van der Waals surface area contributed by atoms with Gasteiger partial charge in [0.2, 0.25) is 24.1 Å². The number of hydrogen-bond acceptors (Lipinski definition) is 17. The molecule has 1 fully saturated rings. The third-order valence-corrected chi connectivity index (χ3v) is 13.5. The van der Waals surface area contributed by atoms with Crippen molar-refractivity contribution in [2.75, 3.05) is 102 Å². The van der Waals surface area contributed by atoms with E-state index in [-0.39, 0.29) is 41.7 Å². The van der Waals surface area contributed by atoms with Crippen LogP contribution in [-0.2, 0) is 44.6 Å². The molecule has 5 rings (SSSR count). The van der Waals surface area contributed by atoms with E-state index < -0.39 is 17.9 Å². The summed E-state index contributed by atoms with van der Waals surface area (Å²) >= 11 is 3.22. The van der Waals surface area contributed by atoms with Gasteiger partial charge in [-0.15, -0.1) is 11.8 Å². The number of nitrogens with zero attached hydrogens (tertiary/aromatic N) is 5. The number of aldehydes is 1. The lowest BCUT2D eigenvalue weighted by Crippen LogP contribution is -2.48. The number of oxazole rings is 1. The van der Waals surface area contributed by atoms with Gasteiger partial charge in [-0.3, -0.25) is 28.9 Å². The number of thioether (sulfide) groups is 1. The minimum absolute atomic E-state index is 0.0129. The minimum Gasteiger partial charge on any atom is -0.444 e. The smallest absolute Gasteiger partial charge is 0.263 e. The fraction of sp³-hybridized carbons (Fsp3) is 0.490. The number of hydrogen-bond donors (Lipinski definition) is 4. The Morgan fingerprint density at radius 3 is 2.42 bits per heavy atom. The maximum atomic E-state index is 13.5. The van der Waals surface area contributed by atoms with Crippen molar-refractivity contribution in [1.29, 1.82) is 0 Å². The molecule has 2 unspecified atom stereocenters. The predicted molar refractivity (Wildman–Crippen MR) is 279 cm³/mol. The zero-order valence-corrected chi connectivity index (χ0v) is 43.7. The summed E-state index contributed by atoms with van der Waals surface area (Å²) in [6, 6.07) is 11.1. The fourth-order valence-electron chi connectivity index (χ4n) is 7.50. The van der Waals surface area contributed by atoms with Gasteiger partial charge in [-0.25, -0.2) is 9.97 Å². The van der Waals surface area contributed by atoms with E-state index >= 15 is 0 Å². The molecule has 2 atom stereocenters. The monoisotopic (exact) mass is 1030 g/mol. The van der Waals surface area contributed by atoms with Crippen LogP contribution in [0.4, 0.5) is 16.5 Å². The Morgan fingerprint density at radius 1 is 0.986 bits per heavy atom. The summed E-state index contributed by atoms with van der Waals surface area (Å²) < 4.78 is 24.0. The number of amides is 5. The molecular formula is C51H69N9O10S2. The molecule has 0 radical (unpaired) electrons. The second-order valence-electron chi connectivity index (χ2n) is 18.1. The van der Waals surface area contributed by atoms with Gasteiger partial charge in [-0.2, -0.15) is 0 Å². The Kier molecular flexibility index (Phi) is 23.3. The molecule has 5 amide bonds. The van der Waals surface area contributed by atoms with Crippen LogP contribution >= 0.6 is 23.1 Å². The van der Waals surface area contributed by atoms with Gasteiger partial charge < -0.3 is 54.5 Å². The quantitative estimate of drug-likeness (QED) is 0.0203. The third kappa shape index (κ3) is 18.3. The van der Waals surface area contributed by atoms with Gasteiger partial charge >= 0.3 is 0 Å². The first kappa shape index (κ1) is 56.9. The summed E-state index contributed by atoms with van der Waals surface area (Å²) in [6.45, 7) is 13.1. The molecule has 4 aromatic rings. The summed E-state index contributed by atoms with van der Waals surface area (Å²) in [5, 5.41) is 12.8. The highest BCUT2D eigenvalue weighted by molar-refractivity contribution is 8.00. The number of imide groups is 1.